The second-order valence-corrected chi connectivity index (χ2v) is 5.51. The van der Waals surface area contributed by atoms with Crippen molar-refractivity contribution in [1.29, 1.82) is 0 Å². The van der Waals surface area contributed by atoms with Crippen LogP contribution in [0.5, 0.6) is 0 Å². The highest BCUT2D eigenvalue weighted by Gasteiger charge is 2.21. The van der Waals surface area contributed by atoms with Crippen molar-refractivity contribution >= 4 is 34.7 Å². The zero-order valence-corrected chi connectivity index (χ0v) is 10.8. The smallest absolute Gasteiger partial charge is 0.310 e. The predicted octanol–water partition coefficient (Wildman–Crippen LogP) is 3.56. The Labute approximate surface area is 109 Å². The lowest BCUT2D eigenvalue weighted by atomic mass is 10.1. The van der Waals surface area contributed by atoms with Gasteiger partial charge in [-0.2, -0.15) is 11.8 Å². The maximum Gasteiger partial charge on any atom is 0.310 e. The summed E-state index contributed by atoms with van der Waals surface area (Å²) >= 11 is 7.73. The Morgan fingerprint density at radius 3 is 3.00 bits per heavy atom. The molecular formula is C11H13ClN2O2S. The maximum absolute atomic E-state index is 11.0. The average molecular weight is 273 g/mol. The van der Waals surface area contributed by atoms with Gasteiger partial charge < -0.3 is 5.32 Å². The molecule has 2 rings (SSSR count). The number of rotatable bonds is 3. The molecule has 1 aliphatic heterocycles. The van der Waals surface area contributed by atoms with Gasteiger partial charge >= 0.3 is 5.69 Å². The Balaban J connectivity index is 2.19. The third kappa shape index (κ3) is 3.04. The summed E-state index contributed by atoms with van der Waals surface area (Å²) in [5, 5.41) is 14.4. The predicted molar refractivity (Wildman–Crippen MR) is 72.1 cm³/mol. The second-order valence-electron chi connectivity index (χ2n) is 3.95. The van der Waals surface area contributed by atoms with Crippen LogP contribution < -0.4 is 5.32 Å². The molecule has 17 heavy (non-hydrogen) atoms. The highest BCUT2D eigenvalue weighted by molar-refractivity contribution is 7.99. The summed E-state index contributed by atoms with van der Waals surface area (Å²) < 4.78 is 0. The third-order valence-corrected chi connectivity index (χ3v) is 4.21. The number of nitro benzene ring substituents is 1. The van der Waals surface area contributed by atoms with Gasteiger partial charge in [-0.1, -0.05) is 17.7 Å². The van der Waals surface area contributed by atoms with E-state index in [2.05, 4.69) is 5.32 Å². The van der Waals surface area contributed by atoms with Crippen molar-refractivity contribution in [3.8, 4) is 0 Å². The van der Waals surface area contributed by atoms with E-state index in [9.17, 15) is 10.1 Å². The molecule has 1 N–H and O–H groups in total. The summed E-state index contributed by atoms with van der Waals surface area (Å²) in [6, 6.07) is 5.28. The molecule has 1 aromatic carbocycles. The fourth-order valence-corrected chi connectivity index (χ4v) is 3.21. The van der Waals surface area contributed by atoms with Crippen LogP contribution in [0, 0.1) is 10.1 Å². The van der Waals surface area contributed by atoms with E-state index in [0.29, 0.717) is 11.7 Å². The maximum atomic E-state index is 11.0. The first-order valence-electron chi connectivity index (χ1n) is 5.45. The molecule has 0 bridgehead atoms. The largest absolute Gasteiger partial charge is 0.376 e. The van der Waals surface area contributed by atoms with Crippen molar-refractivity contribution in [3.05, 3.63) is 33.3 Å². The summed E-state index contributed by atoms with van der Waals surface area (Å²) in [5.41, 5.74) is 0.500. The fraction of sp³-hybridized carbons (Fsp3) is 0.455. The van der Waals surface area contributed by atoms with Gasteiger partial charge in [-0.05, 0) is 30.7 Å². The first kappa shape index (κ1) is 12.5. The minimum Gasteiger partial charge on any atom is -0.376 e. The third-order valence-electron chi connectivity index (χ3n) is 2.69. The van der Waals surface area contributed by atoms with Gasteiger partial charge in [-0.25, -0.2) is 0 Å². The van der Waals surface area contributed by atoms with E-state index in [1.807, 2.05) is 11.8 Å². The number of anilines is 1. The molecule has 0 amide bonds. The van der Waals surface area contributed by atoms with Gasteiger partial charge in [0.05, 0.1) is 4.92 Å². The van der Waals surface area contributed by atoms with E-state index in [1.54, 1.807) is 18.2 Å². The van der Waals surface area contributed by atoms with Crippen molar-refractivity contribution in [2.24, 2.45) is 0 Å². The number of benzene rings is 1. The van der Waals surface area contributed by atoms with Gasteiger partial charge in [-0.3, -0.25) is 10.1 Å². The van der Waals surface area contributed by atoms with Crippen molar-refractivity contribution in [1.82, 2.24) is 0 Å². The Hall–Kier alpha value is -0.940. The lowest BCUT2D eigenvalue weighted by Gasteiger charge is -2.23. The van der Waals surface area contributed by atoms with Gasteiger partial charge in [0.1, 0.15) is 10.7 Å². The normalized spacial score (nSPS) is 19.9. The van der Waals surface area contributed by atoms with E-state index < -0.39 is 4.92 Å². The fourth-order valence-electron chi connectivity index (χ4n) is 1.89. The minimum absolute atomic E-state index is 0.0234. The summed E-state index contributed by atoms with van der Waals surface area (Å²) in [6.07, 6.45) is 2.20. The van der Waals surface area contributed by atoms with Crippen LogP contribution in [0.2, 0.25) is 5.02 Å². The van der Waals surface area contributed by atoms with Crippen LogP contribution in [0.15, 0.2) is 18.2 Å². The monoisotopic (exact) mass is 272 g/mol. The quantitative estimate of drug-likeness (QED) is 0.675. The SMILES string of the molecule is O=[N+]([O-])c1c(Cl)cccc1NC1CCCSC1. The highest BCUT2D eigenvalue weighted by atomic mass is 35.5. The number of halogens is 1. The van der Waals surface area contributed by atoms with Crippen molar-refractivity contribution in [2.45, 2.75) is 18.9 Å². The lowest BCUT2D eigenvalue weighted by Crippen LogP contribution is -2.26. The zero-order valence-electron chi connectivity index (χ0n) is 9.19. The molecule has 1 heterocycles. The summed E-state index contributed by atoms with van der Waals surface area (Å²) in [5.74, 6) is 2.17. The molecule has 1 fully saturated rings. The number of nitro groups is 1. The minimum atomic E-state index is -0.430. The Morgan fingerprint density at radius 2 is 2.35 bits per heavy atom. The number of nitrogens with zero attached hydrogens (tertiary/aromatic N) is 1. The molecule has 1 aliphatic rings. The Kier molecular flexibility index (Phi) is 4.12. The van der Waals surface area contributed by atoms with Gasteiger partial charge in [0.25, 0.3) is 0 Å². The molecular weight excluding hydrogens is 260 g/mol. The van der Waals surface area contributed by atoms with Crippen LogP contribution >= 0.6 is 23.4 Å². The number of para-hydroxylation sites is 1. The molecule has 1 saturated heterocycles. The highest BCUT2D eigenvalue weighted by Crippen LogP contribution is 2.33. The van der Waals surface area contributed by atoms with Crippen LogP contribution in [0.4, 0.5) is 11.4 Å². The number of hydrogen-bond acceptors (Lipinski definition) is 4. The zero-order chi connectivity index (χ0) is 12.3. The molecule has 0 aromatic heterocycles. The first-order chi connectivity index (χ1) is 8.18. The molecule has 1 unspecified atom stereocenters. The van der Waals surface area contributed by atoms with E-state index in [4.69, 9.17) is 11.6 Å². The van der Waals surface area contributed by atoms with Crippen molar-refractivity contribution < 1.29 is 4.92 Å². The van der Waals surface area contributed by atoms with E-state index in [1.165, 1.54) is 5.75 Å². The van der Waals surface area contributed by atoms with Gasteiger partial charge in [0, 0.05) is 11.8 Å². The molecule has 0 saturated carbocycles. The first-order valence-corrected chi connectivity index (χ1v) is 6.99. The van der Waals surface area contributed by atoms with Crippen LogP contribution in [0.3, 0.4) is 0 Å². The second kappa shape index (κ2) is 5.60. The number of nitrogens with one attached hydrogen (secondary N) is 1. The Bertz CT molecular complexity index is 422. The molecule has 6 heteroatoms. The standard InChI is InChI=1S/C11H13ClN2O2S/c12-9-4-1-5-10(11(9)14(15)16)13-8-3-2-6-17-7-8/h1,4-5,8,13H,2-3,6-7H2. The van der Waals surface area contributed by atoms with Gasteiger partial charge in [-0.15, -0.1) is 0 Å². The van der Waals surface area contributed by atoms with Crippen molar-refractivity contribution in [2.75, 3.05) is 16.8 Å². The molecule has 0 aliphatic carbocycles. The molecule has 4 nitrogen and oxygen atoms in total. The number of hydrogen-bond donors (Lipinski definition) is 1. The Morgan fingerprint density at radius 1 is 1.53 bits per heavy atom. The topological polar surface area (TPSA) is 55.2 Å². The summed E-state index contributed by atoms with van der Waals surface area (Å²) in [7, 11) is 0. The van der Waals surface area contributed by atoms with Crippen LogP contribution in [-0.4, -0.2) is 22.5 Å². The molecule has 0 spiro atoms. The van der Waals surface area contributed by atoms with Crippen LogP contribution in [0.25, 0.3) is 0 Å². The van der Waals surface area contributed by atoms with Gasteiger partial charge in [0.15, 0.2) is 0 Å². The van der Waals surface area contributed by atoms with E-state index in [-0.39, 0.29) is 10.7 Å². The average Bonchev–Trinajstić information content (AvgIpc) is 2.30. The number of thioether (sulfide) groups is 1. The summed E-state index contributed by atoms with van der Waals surface area (Å²) in [4.78, 5) is 10.5. The lowest BCUT2D eigenvalue weighted by molar-refractivity contribution is -0.383. The van der Waals surface area contributed by atoms with E-state index in [0.717, 1.165) is 18.6 Å². The van der Waals surface area contributed by atoms with Crippen molar-refractivity contribution in [3.63, 3.8) is 0 Å². The summed E-state index contributed by atoms with van der Waals surface area (Å²) in [6.45, 7) is 0. The molecule has 92 valence electrons. The van der Waals surface area contributed by atoms with E-state index >= 15 is 0 Å². The molecule has 1 atom stereocenters. The molecule has 0 radical (unpaired) electrons. The van der Waals surface area contributed by atoms with Crippen LogP contribution in [0.1, 0.15) is 12.8 Å². The van der Waals surface area contributed by atoms with Crippen LogP contribution in [-0.2, 0) is 0 Å². The molecule has 1 aromatic rings. The van der Waals surface area contributed by atoms with Gasteiger partial charge in [0.2, 0.25) is 0 Å².